The summed E-state index contributed by atoms with van der Waals surface area (Å²) in [7, 11) is -4.26. The number of carbonyl (C=O) groups is 1. The molecule has 1 aromatic heterocycles. The molecule has 0 radical (unpaired) electrons. The van der Waals surface area contributed by atoms with Crippen LogP contribution in [-0.4, -0.2) is 30.3 Å². The molecular formula is C16H14F3NO5S. The molecule has 1 aromatic carbocycles. The summed E-state index contributed by atoms with van der Waals surface area (Å²) in [6.45, 7) is 0.135. The molecule has 0 saturated carbocycles. The Kier molecular flexibility index (Phi) is 4.57. The van der Waals surface area contributed by atoms with Crippen molar-refractivity contribution in [1.82, 2.24) is 4.31 Å². The number of hydrogen-bond acceptors (Lipinski definition) is 4. The summed E-state index contributed by atoms with van der Waals surface area (Å²) >= 11 is 0. The molecule has 26 heavy (non-hydrogen) atoms. The van der Waals surface area contributed by atoms with Crippen molar-refractivity contribution in [3.05, 3.63) is 53.5 Å². The van der Waals surface area contributed by atoms with Crippen molar-refractivity contribution in [2.24, 2.45) is 0 Å². The quantitative estimate of drug-likeness (QED) is 0.864. The van der Waals surface area contributed by atoms with Crippen molar-refractivity contribution in [3.8, 4) is 0 Å². The van der Waals surface area contributed by atoms with Gasteiger partial charge in [-0.3, -0.25) is 0 Å². The van der Waals surface area contributed by atoms with E-state index in [0.717, 1.165) is 10.4 Å². The average Bonchev–Trinajstić information content (AvgIpc) is 3.24. The lowest BCUT2D eigenvalue weighted by Crippen LogP contribution is -2.31. The molecule has 1 saturated heterocycles. The molecule has 1 N–H and O–H groups in total. The van der Waals surface area contributed by atoms with E-state index in [9.17, 15) is 26.4 Å². The van der Waals surface area contributed by atoms with Crippen molar-refractivity contribution in [3.63, 3.8) is 0 Å². The SMILES string of the molecule is O=C(O)c1ccc(S(=O)(=O)N2CCCC2c2ccco2)cc1C(F)(F)F. The van der Waals surface area contributed by atoms with Gasteiger partial charge in [-0.1, -0.05) is 0 Å². The molecule has 1 atom stereocenters. The number of nitrogens with zero attached hydrogens (tertiary/aromatic N) is 1. The van der Waals surface area contributed by atoms with Crippen LogP contribution in [0.25, 0.3) is 0 Å². The second-order valence-corrected chi connectivity index (χ2v) is 7.69. The lowest BCUT2D eigenvalue weighted by molar-refractivity contribution is -0.138. The van der Waals surface area contributed by atoms with Gasteiger partial charge in [0.05, 0.1) is 28.3 Å². The third-order valence-electron chi connectivity index (χ3n) is 4.21. The number of rotatable bonds is 4. The highest BCUT2D eigenvalue weighted by atomic mass is 32.2. The Bertz CT molecular complexity index is 922. The first-order valence-electron chi connectivity index (χ1n) is 7.62. The summed E-state index contributed by atoms with van der Waals surface area (Å²) < 4.78 is 71.6. The molecule has 0 spiro atoms. The lowest BCUT2D eigenvalue weighted by Gasteiger charge is -2.23. The maximum atomic E-state index is 13.2. The fourth-order valence-corrected chi connectivity index (χ4v) is 4.72. The van der Waals surface area contributed by atoms with Crippen molar-refractivity contribution in [2.45, 2.75) is 30.0 Å². The van der Waals surface area contributed by atoms with Crippen LogP contribution in [0, 0.1) is 0 Å². The minimum absolute atomic E-state index is 0.135. The highest BCUT2D eigenvalue weighted by Gasteiger charge is 2.40. The minimum atomic E-state index is -5.00. The zero-order valence-corrected chi connectivity index (χ0v) is 14.0. The monoisotopic (exact) mass is 389 g/mol. The predicted molar refractivity (Wildman–Crippen MR) is 83.0 cm³/mol. The van der Waals surface area contributed by atoms with Crippen molar-refractivity contribution in [1.29, 1.82) is 0 Å². The molecule has 0 aliphatic carbocycles. The van der Waals surface area contributed by atoms with Crippen LogP contribution in [0.5, 0.6) is 0 Å². The van der Waals surface area contributed by atoms with Crippen LogP contribution < -0.4 is 0 Å². The summed E-state index contributed by atoms with van der Waals surface area (Å²) in [5, 5.41) is 8.93. The maximum Gasteiger partial charge on any atom is 0.417 e. The molecular weight excluding hydrogens is 375 g/mol. The molecule has 1 fully saturated rings. The zero-order valence-electron chi connectivity index (χ0n) is 13.2. The predicted octanol–water partition coefficient (Wildman–Crippen LogP) is 3.52. The number of alkyl halides is 3. The normalized spacial score (nSPS) is 19.0. The van der Waals surface area contributed by atoms with Gasteiger partial charge in [0.25, 0.3) is 0 Å². The first kappa shape index (κ1) is 18.5. The Balaban J connectivity index is 2.06. The molecule has 140 valence electrons. The second-order valence-electron chi connectivity index (χ2n) is 5.80. The van der Waals surface area contributed by atoms with E-state index in [1.807, 2.05) is 0 Å². The van der Waals surface area contributed by atoms with Crippen molar-refractivity contribution < 1.29 is 35.9 Å². The van der Waals surface area contributed by atoms with E-state index < -0.39 is 44.2 Å². The van der Waals surface area contributed by atoms with Gasteiger partial charge in [0.2, 0.25) is 10.0 Å². The van der Waals surface area contributed by atoms with Gasteiger partial charge >= 0.3 is 12.1 Å². The summed E-state index contributed by atoms with van der Waals surface area (Å²) in [5.74, 6) is -1.37. The van der Waals surface area contributed by atoms with Crippen LogP contribution in [0.2, 0.25) is 0 Å². The molecule has 1 unspecified atom stereocenters. The van der Waals surface area contributed by atoms with E-state index in [2.05, 4.69) is 0 Å². The molecule has 2 heterocycles. The molecule has 10 heteroatoms. The maximum absolute atomic E-state index is 13.2. The van der Waals surface area contributed by atoms with Gasteiger partial charge in [-0.2, -0.15) is 17.5 Å². The van der Waals surface area contributed by atoms with Crippen LogP contribution in [0.15, 0.2) is 45.9 Å². The smallest absolute Gasteiger partial charge is 0.417 e. The number of carboxylic acids is 1. The third-order valence-corrected chi connectivity index (χ3v) is 6.11. The van der Waals surface area contributed by atoms with E-state index in [-0.39, 0.29) is 6.54 Å². The van der Waals surface area contributed by atoms with E-state index in [4.69, 9.17) is 9.52 Å². The largest absolute Gasteiger partial charge is 0.478 e. The molecule has 0 amide bonds. The zero-order chi connectivity index (χ0) is 19.1. The summed E-state index contributed by atoms with van der Waals surface area (Å²) in [4.78, 5) is 10.4. The summed E-state index contributed by atoms with van der Waals surface area (Å²) in [6, 6.07) is 4.51. The third kappa shape index (κ3) is 3.21. The fourth-order valence-electron chi connectivity index (χ4n) is 3.03. The number of benzene rings is 1. The lowest BCUT2D eigenvalue weighted by atomic mass is 10.1. The number of aromatic carboxylic acids is 1. The van der Waals surface area contributed by atoms with Gasteiger partial charge in [0.15, 0.2) is 0 Å². The van der Waals surface area contributed by atoms with Gasteiger partial charge in [-0.15, -0.1) is 0 Å². The Morgan fingerprint density at radius 1 is 1.27 bits per heavy atom. The fraction of sp³-hybridized carbons (Fsp3) is 0.312. The Hall–Kier alpha value is -2.33. The van der Waals surface area contributed by atoms with Crippen LogP contribution in [0.1, 0.15) is 40.6 Å². The first-order valence-corrected chi connectivity index (χ1v) is 9.06. The highest BCUT2D eigenvalue weighted by Crippen LogP contribution is 2.39. The number of furan rings is 1. The summed E-state index contributed by atoms with van der Waals surface area (Å²) in [6.07, 6.45) is -2.59. The molecule has 0 bridgehead atoms. The topological polar surface area (TPSA) is 87.8 Å². The van der Waals surface area contributed by atoms with Gasteiger partial charge in [-0.05, 0) is 43.2 Å². The number of carboxylic acid groups (broad SMARTS) is 1. The van der Waals surface area contributed by atoms with Crippen molar-refractivity contribution in [2.75, 3.05) is 6.54 Å². The Labute approximate surface area is 146 Å². The average molecular weight is 389 g/mol. The highest BCUT2D eigenvalue weighted by molar-refractivity contribution is 7.89. The Morgan fingerprint density at radius 2 is 2.00 bits per heavy atom. The van der Waals surface area contributed by atoms with E-state index in [1.54, 1.807) is 12.1 Å². The van der Waals surface area contributed by atoms with Crippen molar-refractivity contribution >= 4 is 16.0 Å². The molecule has 1 aliphatic rings. The summed E-state index contributed by atoms with van der Waals surface area (Å²) in [5.41, 5.74) is -2.50. The molecule has 1 aliphatic heterocycles. The molecule has 3 rings (SSSR count). The van der Waals surface area contributed by atoms with E-state index >= 15 is 0 Å². The van der Waals surface area contributed by atoms with E-state index in [0.29, 0.717) is 30.7 Å². The van der Waals surface area contributed by atoms with Gasteiger partial charge in [-0.25, -0.2) is 13.2 Å². The van der Waals surface area contributed by atoms with Crippen LogP contribution in [0.4, 0.5) is 13.2 Å². The van der Waals surface area contributed by atoms with E-state index in [1.165, 1.54) is 6.26 Å². The molecule has 6 nitrogen and oxygen atoms in total. The molecule has 2 aromatic rings. The number of hydrogen-bond donors (Lipinski definition) is 1. The Morgan fingerprint density at radius 3 is 2.58 bits per heavy atom. The van der Waals surface area contributed by atoms with Crippen LogP contribution >= 0.6 is 0 Å². The first-order chi connectivity index (χ1) is 12.1. The number of sulfonamides is 1. The standard InChI is InChI=1S/C16H14F3NO5S/c17-16(18,19)12-9-10(5-6-11(12)15(21)22)26(23,24)20-7-1-3-13(20)14-4-2-8-25-14/h2,4-6,8-9,13H,1,3,7H2,(H,21,22). The second kappa shape index (κ2) is 6.44. The number of halogens is 3. The minimum Gasteiger partial charge on any atom is -0.478 e. The van der Waals surface area contributed by atoms with Gasteiger partial charge in [0, 0.05) is 6.54 Å². The van der Waals surface area contributed by atoms with Crippen LogP contribution in [-0.2, 0) is 16.2 Å². The van der Waals surface area contributed by atoms with Gasteiger partial charge in [0.1, 0.15) is 5.76 Å². The van der Waals surface area contributed by atoms with Crippen LogP contribution in [0.3, 0.4) is 0 Å². The van der Waals surface area contributed by atoms with Gasteiger partial charge < -0.3 is 9.52 Å².